The van der Waals surface area contributed by atoms with Crippen LogP contribution in [0.5, 0.6) is 0 Å². The van der Waals surface area contributed by atoms with Crippen molar-refractivity contribution in [3.63, 3.8) is 0 Å². The molecule has 3 amide bonds. The minimum atomic E-state index is -1.21. The predicted octanol–water partition coefficient (Wildman–Crippen LogP) is -0.545. The van der Waals surface area contributed by atoms with Crippen LogP contribution in [0.25, 0.3) is 0 Å². The van der Waals surface area contributed by atoms with Crippen LogP contribution in [0, 0.1) is 11.8 Å². The zero-order chi connectivity index (χ0) is 25.7. The first kappa shape index (κ1) is 30.8. The zero-order valence-electron chi connectivity index (χ0n) is 20.5. The third-order valence-electron chi connectivity index (χ3n) is 5.97. The number of hydrogen-bond donors (Lipinski definition) is 7. The standard InChI is InChI=1S/C22H43N5O6/c1-6-12(3)17(26-20(30)16(24)14(5)28)21(31)25-15(10-8-9-11-23)19(29)27-18(22(32)33)13(4)7-2/h12-18,28H,6-11,23-24H2,1-5H3,(H,25,31)(H,26,30)(H,27,29)(H,32,33). The van der Waals surface area contributed by atoms with Crippen molar-refractivity contribution in [3.05, 3.63) is 0 Å². The maximum absolute atomic E-state index is 13.1. The Balaban J connectivity index is 5.62. The smallest absolute Gasteiger partial charge is 0.326 e. The van der Waals surface area contributed by atoms with Gasteiger partial charge in [0.1, 0.15) is 24.2 Å². The average molecular weight is 474 g/mol. The fourth-order valence-corrected chi connectivity index (χ4v) is 3.13. The number of amides is 3. The van der Waals surface area contributed by atoms with E-state index in [0.29, 0.717) is 32.2 Å². The minimum absolute atomic E-state index is 0.260. The Hall–Kier alpha value is -2.24. The van der Waals surface area contributed by atoms with Gasteiger partial charge >= 0.3 is 5.97 Å². The summed E-state index contributed by atoms with van der Waals surface area (Å²) in [5.74, 6) is -3.61. The molecule has 0 saturated carbocycles. The second-order valence-corrected chi connectivity index (χ2v) is 8.69. The van der Waals surface area contributed by atoms with Gasteiger partial charge in [-0.3, -0.25) is 14.4 Å². The molecule has 11 nitrogen and oxygen atoms in total. The Kier molecular flexibility index (Phi) is 14.5. The molecule has 0 fully saturated rings. The number of unbranched alkanes of at least 4 members (excludes halogenated alkanes) is 1. The van der Waals surface area contributed by atoms with E-state index < -0.39 is 54.0 Å². The van der Waals surface area contributed by atoms with Crippen LogP contribution < -0.4 is 27.4 Å². The van der Waals surface area contributed by atoms with Crippen molar-refractivity contribution in [2.24, 2.45) is 23.3 Å². The molecule has 9 N–H and O–H groups in total. The van der Waals surface area contributed by atoms with E-state index in [9.17, 15) is 29.4 Å². The van der Waals surface area contributed by atoms with Crippen molar-refractivity contribution >= 4 is 23.7 Å². The molecule has 192 valence electrons. The van der Waals surface area contributed by atoms with Gasteiger partial charge in [0.25, 0.3) is 0 Å². The van der Waals surface area contributed by atoms with E-state index in [4.69, 9.17) is 11.5 Å². The van der Waals surface area contributed by atoms with E-state index in [-0.39, 0.29) is 18.3 Å². The topological polar surface area (TPSA) is 197 Å². The van der Waals surface area contributed by atoms with E-state index in [1.54, 1.807) is 13.8 Å². The molecular formula is C22H43N5O6. The lowest BCUT2D eigenvalue weighted by atomic mass is 9.96. The molecule has 0 spiro atoms. The van der Waals surface area contributed by atoms with Crippen molar-refractivity contribution in [2.45, 2.75) is 97.0 Å². The first-order valence-electron chi connectivity index (χ1n) is 11.7. The number of aliphatic carboxylic acids is 1. The number of aliphatic hydroxyl groups is 1. The maximum Gasteiger partial charge on any atom is 0.326 e. The highest BCUT2D eigenvalue weighted by molar-refractivity contribution is 5.94. The molecule has 11 heteroatoms. The Labute approximate surface area is 196 Å². The van der Waals surface area contributed by atoms with Gasteiger partial charge in [0.15, 0.2) is 0 Å². The lowest BCUT2D eigenvalue weighted by Gasteiger charge is -2.29. The second kappa shape index (κ2) is 15.6. The number of carbonyl (C=O) groups excluding carboxylic acids is 3. The Morgan fingerprint density at radius 2 is 1.33 bits per heavy atom. The molecule has 0 rings (SSSR count). The molecule has 0 aromatic rings. The molecule has 33 heavy (non-hydrogen) atoms. The summed E-state index contributed by atoms with van der Waals surface area (Å²) in [5, 5.41) is 26.8. The highest BCUT2D eigenvalue weighted by atomic mass is 16.4. The first-order chi connectivity index (χ1) is 15.4. The minimum Gasteiger partial charge on any atom is -0.480 e. The molecular weight excluding hydrogens is 430 g/mol. The van der Waals surface area contributed by atoms with E-state index in [0.717, 1.165) is 0 Å². The van der Waals surface area contributed by atoms with Crippen molar-refractivity contribution in [1.82, 2.24) is 16.0 Å². The molecule has 7 atom stereocenters. The van der Waals surface area contributed by atoms with Gasteiger partial charge in [-0.15, -0.1) is 0 Å². The number of carbonyl (C=O) groups is 4. The van der Waals surface area contributed by atoms with Gasteiger partial charge in [-0.25, -0.2) is 4.79 Å². The van der Waals surface area contributed by atoms with Gasteiger partial charge in [-0.2, -0.15) is 0 Å². The fourth-order valence-electron chi connectivity index (χ4n) is 3.13. The van der Waals surface area contributed by atoms with E-state index in [2.05, 4.69) is 16.0 Å². The number of nitrogens with two attached hydrogens (primary N) is 2. The van der Waals surface area contributed by atoms with Crippen LogP contribution in [0.15, 0.2) is 0 Å². The lowest BCUT2D eigenvalue weighted by molar-refractivity contribution is -0.144. The van der Waals surface area contributed by atoms with E-state index >= 15 is 0 Å². The number of nitrogens with one attached hydrogen (secondary N) is 3. The van der Waals surface area contributed by atoms with Crippen molar-refractivity contribution < 1.29 is 29.4 Å². The van der Waals surface area contributed by atoms with Crippen molar-refractivity contribution in [3.8, 4) is 0 Å². The maximum atomic E-state index is 13.1. The van der Waals surface area contributed by atoms with Crippen LogP contribution >= 0.6 is 0 Å². The van der Waals surface area contributed by atoms with E-state index in [1.807, 2.05) is 13.8 Å². The third kappa shape index (κ3) is 10.5. The number of aliphatic hydroxyl groups excluding tert-OH is 1. The quantitative estimate of drug-likeness (QED) is 0.145. The summed E-state index contributed by atoms with van der Waals surface area (Å²) in [6.45, 7) is 8.95. The number of carboxylic acids is 1. The molecule has 0 aromatic heterocycles. The van der Waals surface area contributed by atoms with Crippen LogP contribution in [0.3, 0.4) is 0 Å². The van der Waals surface area contributed by atoms with Crippen LogP contribution in [0.2, 0.25) is 0 Å². The predicted molar refractivity (Wildman–Crippen MR) is 125 cm³/mol. The normalized spacial score (nSPS) is 17.6. The molecule has 0 aromatic carbocycles. The summed E-state index contributed by atoms with van der Waals surface area (Å²) < 4.78 is 0. The number of carboxylic acid groups (broad SMARTS) is 1. The molecule has 0 aliphatic carbocycles. The van der Waals surface area contributed by atoms with Gasteiger partial charge < -0.3 is 37.6 Å². The van der Waals surface area contributed by atoms with Crippen LogP contribution in [-0.2, 0) is 19.2 Å². The van der Waals surface area contributed by atoms with Crippen molar-refractivity contribution in [2.75, 3.05) is 6.54 Å². The first-order valence-corrected chi connectivity index (χ1v) is 11.7. The van der Waals surface area contributed by atoms with E-state index in [1.165, 1.54) is 6.92 Å². The molecule has 0 aliphatic heterocycles. The summed E-state index contributed by atoms with van der Waals surface area (Å²) in [4.78, 5) is 50.0. The molecule has 0 heterocycles. The summed E-state index contributed by atoms with van der Waals surface area (Å²) >= 11 is 0. The van der Waals surface area contributed by atoms with Gasteiger partial charge in [-0.1, -0.05) is 40.5 Å². The number of hydrogen-bond acceptors (Lipinski definition) is 7. The average Bonchev–Trinajstić information content (AvgIpc) is 2.77. The Morgan fingerprint density at radius 1 is 0.818 bits per heavy atom. The van der Waals surface area contributed by atoms with Gasteiger partial charge in [-0.05, 0) is 44.6 Å². The monoisotopic (exact) mass is 473 g/mol. The summed E-state index contributed by atoms with van der Waals surface area (Å²) in [6.07, 6.45) is 1.43. The summed E-state index contributed by atoms with van der Waals surface area (Å²) in [5.41, 5.74) is 11.2. The van der Waals surface area contributed by atoms with Crippen LogP contribution in [-0.4, -0.2) is 70.7 Å². The van der Waals surface area contributed by atoms with Gasteiger partial charge in [0.2, 0.25) is 17.7 Å². The Bertz CT molecular complexity index is 645. The van der Waals surface area contributed by atoms with Crippen LogP contribution in [0.4, 0.5) is 0 Å². The second-order valence-electron chi connectivity index (χ2n) is 8.69. The SMILES string of the molecule is CCC(C)C(NC(=O)C(CCCCN)NC(=O)C(NC(=O)C(N)C(C)O)C(C)CC)C(=O)O. The molecule has 0 radical (unpaired) electrons. The summed E-state index contributed by atoms with van der Waals surface area (Å²) in [6, 6.07) is -4.28. The lowest BCUT2D eigenvalue weighted by Crippen LogP contribution is -2.59. The molecule has 0 saturated heterocycles. The third-order valence-corrected chi connectivity index (χ3v) is 5.97. The highest BCUT2D eigenvalue weighted by Gasteiger charge is 2.33. The largest absolute Gasteiger partial charge is 0.480 e. The number of rotatable bonds is 16. The fraction of sp³-hybridized carbons (Fsp3) is 0.818. The van der Waals surface area contributed by atoms with Gasteiger partial charge in [0.05, 0.1) is 6.10 Å². The van der Waals surface area contributed by atoms with Crippen molar-refractivity contribution in [1.29, 1.82) is 0 Å². The Morgan fingerprint density at radius 3 is 1.79 bits per heavy atom. The summed E-state index contributed by atoms with van der Waals surface area (Å²) in [7, 11) is 0. The van der Waals surface area contributed by atoms with Crippen LogP contribution in [0.1, 0.15) is 66.7 Å². The van der Waals surface area contributed by atoms with Gasteiger partial charge in [0, 0.05) is 0 Å². The molecule has 0 aliphatic rings. The molecule has 0 bridgehead atoms. The highest BCUT2D eigenvalue weighted by Crippen LogP contribution is 2.12. The zero-order valence-corrected chi connectivity index (χ0v) is 20.5. The molecule has 7 unspecified atom stereocenters.